The number of primary sulfonamides is 1. The molecular formula is C12H18ClN3O3S. The molecule has 1 heterocycles. The monoisotopic (exact) mass is 319 g/mol. The van der Waals surface area contributed by atoms with Gasteiger partial charge in [0.2, 0.25) is 10.0 Å². The van der Waals surface area contributed by atoms with E-state index >= 15 is 0 Å². The van der Waals surface area contributed by atoms with Gasteiger partial charge in [-0.25, -0.2) is 18.5 Å². The molecule has 1 rings (SSSR count). The highest BCUT2D eigenvalue weighted by Crippen LogP contribution is 2.12. The molecule has 0 aliphatic carbocycles. The van der Waals surface area contributed by atoms with Crippen LogP contribution < -0.4 is 10.5 Å². The van der Waals surface area contributed by atoms with E-state index < -0.39 is 10.0 Å². The fraction of sp³-hybridized carbons (Fsp3) is 0.500. The van der Waals surface area contributed by atoms with Gasteiger partial charge in [-0.1, -0.05) is 24.9 Å². The number of aromatic nitrogens is 1. The van der Waals surface area contributed by atoms with Crippen molar-refractivity contribution in [1.82, 2.24) is 10.3 Å². The Kier molecular flexibility index (Phi) is 6.38. The van der Waals surface area contributed by atoms with Gasteiger partial charge < -0.3 is 5.32 Å². The summed E-state index contributed by atoms with van der Waals surface area (Å²) >= 11 is 5.86. The molecule has 3 N–H and O–H groups in total. The minimum atomic E-state index is -3.49. The molecule has 0 saturated heterocycles. The highest BCUT2D eigenvalue weighted by atomic mass is 35.5. The summed E-state index contributed by atoms with van der Waals surface area (Å²) < 4.78 is 21.5. The lowest BCUT2D eigenvalue weighted by atomic mass is 10.1. The Hall–Kier alpha value is -1.18. The minimum absolute atomic E-state index is 0.161. The first-order valence-electron chi connectivity index (χ1n) is 6.27. The number of nitrogens with two attached hydrogens (primary N) is 1. The van der Waals surface area contributed by atoms with E-state index in [-0.39, 0.29) is 29.8 Å². The molecule has 0 saturated carbocycles. The van der Waals surface area contributed by atoms with Gasteiger partial charge in [-0.3, -0.25) is 4.79 Å². The fourth-order valence-corrected chi connectivity index (χ4v) is 2.42. The topological polar surface area (TPSA) is 102 Å². The van der Waals surface area contributed by atoms with E-state index in [1.54, 1.807) is 6.07 Å². The molecule has 0 spiro atoms. The molecule has 1 aromatic rings. The van der Waals surface area contributed by atoms with Crippen molar-refractivity contribution in [3.63, 3.8) is 0 Å². The number of pyridine rings is 1. The Bertz CT molecular complexity index is 575. The third-order valence-corrected chi connectivity index (χ3v) is 3.56. The molecule has 112 valence electrons. The molecule has 0 radical (unpaired) electrons. The van der Waals surface area contributed by atoms with Gasteiger partial charge in [0.05, 0.1) is 5.75 Å². The van der Waals surface area contributed by atoms with Gasteiger partial charge in [0.25, 0.3) is 5.91 Å². The first-order chi connectivity index (χ1) is 9.31. The first kappa shape index (κ1) is 16.9. The summed E-state index contributed by atoms with van der Waals surface area (Å²) in [7, 11) is -3.49. The van der Waals surface area contributed by atoms with Crippen molar-refractivity contribution in [1.29, 1.82) is 0 Å². The lowest BCUT2D eigenvalue weighted by molar-refractivity contribution is 0.0953. The number of rotatable bonds is 7. The first-order valence-corrected chi connectivity index (χ1v) is 8.36. The largest absolute Gasteiger partial charge is 0.352 e. The summed E-state index contributed by atoms with van der Waals surface area (Å²) in [6.45, 7) is 2.24. The van der Waals surface area contributed by atoms with Gasteiger partial charge in [0.1, 0.15) is 5.15 Å². The van der Waals surface area contributed by atoms with Gasteiger partial charge in [0.15, 0.2) is 0 Å². The van der Waals surface area contributed by atoms with Gasteiger partial charge in [-0.05, 0) is 25.0 Å². The maximum atomic E-state index is 11.9. The third kappa shape index (κ3) is 6.31. The number of carbonyl (C=O) groups excluding carboxylic acids is 1. The van der Waals surface area contributed by atoms with Gasteiger partial charge in [0, 0.05) is 17.8 Å². The van der Waals surface area contributed by atoms with Crippen LogP contribution in [0.2, 0.25) is 5.15 Å². The van der Waals surface area contributed by atoms with Crippen LogP contribution in [0.4, 0.5) is 0 Å². The molecule has 0 aromatic carbocycles. The molecule has 20 heavy (non-hydrogen) atoms. The van der Waals surface area contributed by atoms with Crippen molar-refractivity contribution < 1.29 is 13.2 Å². The van der Waals surface area contributed by atoms with Crippen LogP contribution >= 0.6 is 11.6 Å². The van der Waals surface area contributed by atoms with Crippen molar-refractivity contribution in [3.05, 3.63) is 28.5 Å². The molecule has 0 aliphatic rings. The maximum absolute atomic E-state index is 11.9. The number of carbonyl (C=O) groups is 1. The highest BCUT2D eigenvalue weighted by Gasteiger charge is 2.09. The van der Waals surface area contributed by atoms with Gasteiger partial charge in [-0.2, -0.15) is 0 Å². The standard InChI is InChI=1S/C12H18ClN3O3S/c1-2-4-10-7-9(8-11(13)16-10)12(17)15-5-3-6-20(14,18)19/h7-8H,2-6H2,1H3,(H,15,17)(H2,14,18,19). The number of sulfonamides is 1. The van der Waals surface area contributed by atoms with Crippen molar-refractivity contribution in [2.24, 2.45) is 5.14 Å². The van der Waals surface area contributed by atoms with Crippen LogP contribution in [0.3, 0.4) is 0 Å². The molecule has 0 bridgehead atoms. The number of hydrogen-bond donors (Lipinski definition) is 2. The van der Waals surface area contributed by atoms with E-state index in [1.165, 1.54) is 6.07 Å². The van der Waals surface area contributed by atoms with Crippen LogP contribution in [0.1, 0.15) is 35.8 Å². The zero-order valence-electron chi connectivity index (χ0n) is 11.2. The predicted octanol–water partition coefficient (Wildman–Crippen LogP) is 1.10. The zero-order chi connectivity index (χ0) is 15.2. The average molecular weight is 320 g/mol. The van der Waals surface area contributed by atoms with E-state index in [0.29, 0.717) is 5.56 Å². The summed E-state index contributed by atoms with van der Waals surface area (Å²) in [4.78, 5) is 16.0. The third-order valence-electron chi connectivity index (χ3n) is 2.51. The van der Waals surface area contributed by atoms with Crippen LogP contribution in [0.5, 0.6) is 0 Å². The fourth-order valence-electron chi connectivity index (χ4n) is 1.64. The van der Waals surface area contributed by atoms with Crippen molar-refractivity contribution in [2.45, 2.75) is 26.2 Å². The number of nitrogens with zero attached hydrogens (tertiary/aromatic N) is 1. The zero-order valence-corrected chi connectivity index (χ0v) is 12.8. The molecular weight excluding hydrogens is 302 g/mol. The number of amides is 1. The lowest BCUT2D eigenvalue weighted by Gasteiger charge is -2.07. The Morgan fingerprint density at radius 2 is 2.15 bits per heavy atom. The molecule has 0 unspecified atom stereocenters. The van der Waals surface area contributed by atoms with E-state index in [1.807, 2.05) is 6.92 Å². The van der Waals surface area contributed by atoms with Crippen LogP contribution in [0.15, 0.2) is 12.1 Å². The Morgan fingerprint density at radius 3 is 2.75 bits per heavy atom. The Morgan fingerprint density at radius 1 is 1.45 bits per heavy atom. The van der Waals surface area contributed by atoms with E-state index in [9.17, 15) is 13.2 Å². The smallest absolute Gasteiger partial charge is 0.251 e. The number of hydrogen-bond acceptors (Lipinski definition) is 4. The van der Waals surface area contributed by atoms with Crippen LogP contribution in [-0.4, -0.2) is 31.6 Å². The van der Waals surface area contributed by atoms with Crippen LogP contribution in [-0.2, 0) is 16.4 Å². The summed E-state index contributed by atoms with van der Waals surface area (Å²) in [6.07, 6.45) is 1.92. The molecule has 0 fully saturated rings. The summed E-state index contributed by atoms with van der Waals surface area (Å²) in [6, 6.07) is 3.17. The average Bonchev–Trinajstić information content (AvgIpc) is 2.33. The van der Waals surface area contributed by atoms with Crippen LogP contribution in [0.25, 0.3) is 0 Å². The van der Waals surface area contributed by atoms with Crippen molar-refractivity contribution in [2.75, 3.05) is 12.3 Å². The molecule has 0 atom stereocenters. The summed E-state index contributed by atoms with van der Waals surface area (Å²) in [5, 5.41) is 7.76. The van der Waals surface area contributed by atoms with Gasteiger partial charge >= 0.3 is 0 Å². The normalized spacial score (nSPS) is 11.3. The summed E-state index contributed by atoms with van der Waals surface area (Å²) in [5.41, 5.74) is 1.18. The predicted molar refractivity (Wildman–Crippen MR) is 78.2 cm³/mol. The second-order valence-electron chi connectivity index (χ2n) is 4.40. The molecule has 6 nitrogen and oxygen atoms in total. The number of aryl methyl sites for hydroxylation is 1. The number of halogens is 1. The quantitative estimate of drug-likeness (QED) is 0.580. The Labute approximate surface area is 123 Å². The summed E-state index contributed by atoms with van der Waals surface area (Å²) in [5.74, 6) is -0.466. The number of nitrogens with one attached hydrogen (secondary N) is 1. The minimum Gasteiger partial charge on any atom is -0.352 e. The molecule has 0 aliphatic heterocycles. The second-order valence-corrected chi connectivity index (χ2v) is 6.52. The highest BCUT2D eigenvalue weighted by molar-refractivity contribution is 7.89. The van der Waals surface area contributed by atoms with E-state index in [0.717, 1.165) is 18.5 Å². The molecule has 1 aromatic heterocycles. The molecule has 1 amide bonds. The van der Waals surface area contributed by atoms with Gasteiger partial charge in [-0.15, -0.1) is 0 Å². The van der Waals surface area contributed by atoms with Crippen LogP contribution in [0, 0.1) is 0 Å². The SMILES string of the molecule is CCCc1cc(C(=O)NCCCS(N)(=O)=O)cc(Cl)n1. The van der Waals surface area contributed by atoms with Crippen molar-refractivity contribution >= 4 is 27.5 Å². The second kappa shape index (κ2) is 7.56. The Balaban J connectivity index is 2.59. The lowest BCUT2D eigenvalue weighted by Crippen LogP contribution is -2.27. The van der Waals surface area contributed by atoms with E-state index in [4.69, 9.17) is 16.7 Å². The van der Waals surface area contributed by atoms with Crippen molar-refractivity contribution in [3.8, 4) is 0 Å². The van der Waals surface area contributed by atoms with E-state index in [2.05, 4.69) is 10.3 Å². The maximum Gasteiger partial charge on any atom is 0.251 e. The molecule has 8 heteroatoms.